The van der Waals surface area contributed by atoms with E-state index in [1.54, 1.807) is 0 Å². The lowest BCUT2D eigenvalue weighted by atomic mass is 10.0. The Morgan fingerprint density at radius 1 is 1.73 bits per heavy atom. The summed E-state index contributed by atoms with van der Waals surface area (Å²) in [5.74, 6) is 3.83. The van der Waals surface area contributed by atoms with Crippen LogP contribution in [0, 0.1) is 5.92 Å². The maximum absolute atomic E-state index is 11.0. The quantitative estimate of drug-likeness (QED) is 0.741. The van der Waals surface area contributed by atoms with Gasteiger partial charge in [0.25, 0.3) is 0 Å². The highest BCUT2D eigenvalue weighted by Crippen LogP contribution is 2.25. The van der Waals surface area contributed by atoms with Crippen molar-refractivity contribution < 1.29 is 9.21 Å². The molecule has 1 aliphatic rings. The van der Waals surface area contributed by atoms with E-state index in [4.69, 9.17) is 4.42 Å². The molecule has 82 valence electrons. The Balaban J connectivity index is 1.94. The number of thioether (sulfide) groups is 1. The molecule has 2 rings (SSSR count). The van der Waals surface area contributed by atoms with E-state index in [2.05, 4.69) is 4.98 Å². The molecular weight excluding hydrogens is 210 g/mol. The molecule has 0 aliphatic carbocycles. The van der Waals surface area contributed by atoms with Crippen molar-refractivity contribution in [3.63, 3.8) is 0 Å². The summed E-state index contributed by atoms with van der Waals surface area (Å²) in [5.41, 5.74) is 0.452. The summed E-state index contributed by atoms with van der Waals surface area (Å²) in [5, 5.41) is 0. The summed E-state index contributed by atoms with van der Waals surface area (Å²) in [4.78, 5) is 15.2. The second-order valence-corrected chi connectivity index (χ2v) is 5.12. The lowest BCUT2D eigenvalue weighted by Gasteiger charge is -2.19. The van der Waals surface area contributed by atoms with Crippen molar-refractivity contribution in [2.45, 2.75) is 26.2 Å². The van der Waals surface area contributed by atoms with Gasteiger partial charge in [0.15, 0.2) is 11.7 Å². The number of carbonyl (C=O) groups excluding carboxylic acids is 1. The SMILES string of the molecule is CC(=O)c1coc(CC2CCCSC2)n1. The van der Waals surface area contributed by atoms with Crippen molar-refractivity contribution in [3.8, 4) is 0 Å². The number of nitrogens with zero attached hydrogens (tertiary/aromatic N) is 1. The monoisotopic (exact) mass is 225 g/mol. The summed E-state index contributed by atoms with van der Waals surface area (Å²) in [6.45, 7) is 1.51. The lowest BCUT2D eigenvalue weighted by Crippen LogP contribution is -2.13. The summed E-state index contributed by atoms with van der Waals surface area (Å²) < 4.78 is 5.29. The molecule has 0 spiro atoms. The molecule has 0 N–H and O–H groups in total. The minimum atomic E-state index is -0.0250. The molecule has 1 unspecified atom stereocenters. The van der Waals surface area contributed by atoms with Crippen molar-refractivity contribution >= 4 is 17.5 Å². The third-order valence-corrected chi connectivity index (χ3v) is 3.91. The van der Waals surface area contributed by atoms with E-state index in [1.807, 2.05) is 11.8 Å². The largest absolute Gasteiger partial charge is 0.448 e. The number of hydrogen-bond acceptors (Lipinski definition) is 4. The van der Waals surface area contributed by atoms with Gasteiger partial charge in [-0.2, -0.15) is 11.8 Å². The maximum Gasteiger partial charge on any atom is 0.194 e. The van der Waals surface area contributed by atoms with Crippen LogP contribution in [-0.2, 0) is 6.42 Å². The molecule has 1 atom stereocenters. The number of rotatable bonds is 3. The standard InChI is InChI=1S/C11H15NO2S/c1-8(13)10-6-14-11(12-10)5-9-3-2-4-15-7-9/h6,9H,2-5,7H2,1H3. The van der Waals surface area contributed by atoms with Gasteiger partial charge in [0.05, 0.1) is 0 Å². The van der Waals surface area contributed by atoms with Gasteiger partial charge in [-0.15, -0.1) is 0 Å². The first-order chi connectivity index (χ1) is 7.25. The van der Waals surface area contributed by atoms with Crippen LogP contribution in [0.1, 0.15) is 36.1 Å². The van der Waals surface area contributed by atoms with Gasteiger partial charge in [-0.1, -0.05) is 0 Å². The van der Waals surface area contributed by atoms with Gasteiger partial charge in [0, 0.05) is 13.3 Å². The molecule has 0 bridgehead atoms. The van der Waals surface area contributed by atoms with Crippen molar-refractivity contribution in [1.82, 2.24) is 4.98 Å². The van der Waals surface area contributed by atoms with E-state index >= 15 is 0 Å². The van der Waals surface area contributed by atoms with Crippen molar-refractivity contribution in [2.24, 2.45) is 5.92 Å². The van der Waals surface area contributed by atoms with Gasteiger partial charge in [-0.05, 0) is 30.3 Å². The normalized spacial score (nSPS) is 21.5. The van der Waals surface area contributed by atoms with Crippen molar-refractivity contribution in [1.29, 1.82) is 0 Å². The van der Waals surface area contributed by atoms with Crippen molar-refractivity contribution in [3.05, 3.63) is 17.8 Å². The Hall–Kier alpha value is -0.770. The molecule has 0 amide bonds. The first-order valence-corrected chi connectivity index (χ1v) is 6.44. The second-order valence-electron chi connectivity index (χ2n) is 3.97. The predicted octanol–water partition coefficient (Wildman–Crippen LogP) is 2.56. The molecule has 1 aromatic heterocycles. The van der Waals surface area contributed by atoms with E-state index in [9.17, 15) is 4.79 Å². The van der Waals surface area contributed by atoms with Crippen LogP contribution in [0.25, 0.3) is 0 Å². The molecule has 0 saturated carbocycles. The molecule has 0 radical (unpaired) electrons. The molecule has 1 aliphatic heterocycles. The zero-order chi connectivity index (χ0) is 10.7. The molecule has 0 aromatic carbocycles. The summed E-state index contributed by atoms with van der Waals surface area (Å²) in [7, 11) is 0. The summed E-state index contributed by atoms with van der Waals surface area (Å²) >= 11 is 2.00. The molecule has 15 heavy (non-hydrogen) atoms. The van der Waals surface area contributed by atoms with E-state index in [0.717, 1.165) is 6.42 Å². The number of oxazole rings is 1. The number of aromatic nitrogens is 1. The number of Topliss-reactive ketones (excluding diaryl/α,β-unsaturated/α-hetero) is 1. The zero-order valence-electron chi connectivity index (χ0n) is 8.86. The first kappa shape index (κ1) is 10.7. The van der Waals surface area contributed by atoms with E-state index in [-0.39, 0.29) is 5.78 Å². The third-order valence-electron chi connectivity index (χ3n) is 2.63. The van der Waals surface area contributed by atoms with E-state index in [1.165, 1.54) is 37.5 Å². The Bertz CT molecular complexity index is 342. The summed E-state index contributed by atoms with van der Waals surface area (Å²) in [6.07, 6.45) is 4.88. The first-order valence-electron chi connectivity index (χ1n) is 5.29. The van der Waals surface area contributed by atoms with Crippen LogP contribution in [0.4, 0.5) is 0 Å². The molecule has 4 heteroatoms. The van der Waals surface area contributed by atoms with Gasteiger partial charge in [-0.3, -0.25) is 4.79 Å². The molecule has 1 aromatic rings. The van der Waals surface area contributed by atoms with E-state index < -0.39 is 0 Å². The minimum absolute atomic E-state index is 0.0250. The summed E-state index contributed by atoms with van der Waals surface area (Å²) in [6, 6.07) is 0. The van der Waals surface area contributed by atoms with Gasteiger partial charge >= 0.3 is 0 Å². The molecular formula is C11H15NO2S. The Morgan fingerprint density at radius 3 is 3.20 bits per heavy atom. The Kier molecular flexibility index (Phi) is 3.46. The smallest absolute Gasteiger partial charge is 0.194 e. The van der Waals surface area contributed by atoms with Crippen LogP contribution < -0.4 is 0 Å². The van der Waals surface area contributed by atoms with Crippen LogP contribution in [-0.4, -0.2) is 22.3 Å². The predicted molar refractivity (Wildman–Crippen MR) is 60.3 cm³/mol. The fourth-order valence-corrected chi connectivity index (χ4v) is 2.94. The molecule has 2 heterocycles. The van der Waals surface area contributed by atoms with Gasteiger partial charge < -0.3 is 4.42 Å². The lowest BCUT2D eigenvalue weighted by molar-refractivity contribution is 0.101. The average molecular weight is 225 g/mol. The third kappa shape index (κ3) is 2.84. The molecule has 1 saturated heterocycles. The van der Waals surface area contributed by atoms with E-state index in [0.29, 0.717) is 17.5 Å². The second kappa shape index (κ2) is 4.84. The topological polar surface area (TPSA) is 43.1 Å². The van der Waals surface area contributed by atoms with Crippen molar-refractivity contribution in [2.75, 3.05) is 11.5 Å². The van der Waals surface area contributed by atoms with Crippen LogP contribution in [0.3, 0.4) is 0 Å². The molecule has 3 nitrogen and oxygen atoms in total. The maximum atomic E-state index is 11.0. The average Bonchev–Trinajstić information content (AvgIpc) is 2.68. The van der Waals surface area contributed by atoms with Gasteiger partial charge in [0.1, 0.15) is 12.0 Å². The number of hydrogen-bond donors (Lipinski definition) is 0. The fourth-order valence-electron chi connectivity index (χ4n) is 1.78. The minimum Gasteiger partial charge on any atom is -0.448 e. The van der Waals surface area contributed by atoms with Crippen LogP contribution in [0.2, 0.25) is 0 Å². The highest BCUT2D eigenvalue weighted by Gasteiger charge is 2.17. The number of carbonyl (C=O) groups is 1. The van der Waals surface area contributed by atoms with Crippen LogP contribution in [0.5, 0.6) is 0 Å². The van der Waals surface area contributed by atoms with Crippen LogP contribution in [0.15, 0.2) is 10.7 Å². The zero-order valence-corrected chi connectivity index (χ0v) is 9.68. The highest BCUT2D eigenvalue weighted by molar-refractivity contribution is 7.99. The highest BCUT2D eigenvalue weighted by atomic mass is 32.2. The fraction of sp³-hybridized carbons (Fsp3) is 0.636. The van der Waals surface area contributed by atoms with Crippen LogP contribution >= 0.6 is 11.8 Å². The van der Waals surface area contributed by atoms with Gasteiger partial charge in [-0.25, -0.2) is 4.98 Å². The van der Waals surface area contributed by atoms with Gasteiger partial charge in [0.2, 0.25) is 0 Å². The number of ketones is 1. The Labute approximate surface area is 93.6 Å². The Morgan fingerprint density at radius 2 is 2.60 bits per heavy atom. The molecule has 1 fully saturated rings.